The molecule has 0 amide bonds. The van der Waals surface area contributed by atoms with Crippen LogP contribution in [0.1, 0.15) is 79.3 Å². The highest BCUT2D eigenvalue weighted by molar-refractivity contribution is 7.58. The van der Waals surface area contributed by atoms with E-state index in [1.54, 1.807) is 0 Å². The quantitative estimate of drug-likeness (QED) is 0.444. The van der Waals surface area contributed by atoms with Gasteiger partial charge in [-0.25, -0.2) is 4.67 Å². The molecule has 1 aromatic rings. The maximum Gasteiger partial charge on any atom is 0.277 e. The Bertz CT molecular complexity index is 567. The lowest BCUT2D eigenvalue weighted by Crippen LogP contribution is -2.33. The molecule has 144 valence electrons. The Balaban J connectivity index is 3.08. The summed E-state index contributed by atoms with van der Waals surface area (Å²) in [5, 5.41) is -0.439. The molecule has 4 heteroatoms. The zero-order chi connectivity index (χ0) is 19.3. The van der Waals surface area contributed by atoms with Crippen molar-refractivity contribution in [1.29, 1.82) is 0 Å². The standard InChI is InChI=1S/C21H38NO2P/c1-9-16-21(7,10-2)17-24-25(23,20(4,5)6)22(8)18(3)19-14-12-11-13-15-19/h11-15,18H,9-10,16-17H2,1-8H3/t18-,21?,25?/m0/s1. The zero-order valence-electron chi connectivity index (χ0n) is 17.5. The van der Waals surface area contributed by atoms with Crippen LogP contribution in [-0.4, -0.2) is 23.5 Å². The monoisotopic (exact) mass is 367 g/mol. The van der Waals surface area contributed by atoms with E-state index in [4.69, 9.17) is 4.52 Å². The molecule has 0 saturated carbocycles. The maximum absolute atomic E-state index is 14.0. The van der Waals surface area contributed by atoms with E-state index in [1.165, 1.54) is 0 Å². The van der Waals surface area contributed by atoms with Gasteiger partial charge in [-0.05, 0) is 58.6 Å². The average molecular weight is 368 g/mol. The summed E-state index contributed by atoms with van der Waals surface area (Å²) < 4.78 is 22.3. The molecule has 1 rings (SSSR count). The maximum atomic E-state index is 14.0. The van der Waals surface area contributed by atoms with Crippen LogP contribution in [0.15, 0.2) is 30.3 Å². The Morgan fingerprint density at radius 3 is 2.12 bits per heavy atom. The van der Waals surface area contributed by atoms with Crippen LogP contribution in [0.3, 0.4) is 0 Å². The summed E-state index contributed by atoms with van der Waals surface area (Å²) in [5.74, 6) is 0. The molecule has 0 aromatic heterocycles. The van der Waals surface area contributed by atoms with Gasteiger partial charge in [0.2, 0.25) is 0 Å². The molecule has 1 aromatic carbocycles. The lowest BCUT2D eigenvalue weighted by Gasteiger charge is -2.42. The van der Waals surface area contributed by atoms with Gasteiger partial charge >= 0.3 is 0 Å². The molecular weight excluding hydrogens is 329 g/mol. The molecule has 0 heterocycles. The van der Waals surface area contributed by atoms with Gasteiger partial charge in [0, 0.05) is 6.04 Å². The zero-order valence-corrected chi connectivity index (χ0v) is 18.4. The number of rotatable bonds is 9. The van der Waals surface area contributed by atoms with Crippen LogP contribution in [0.4, 0.5) is 0 Å². The highest BCUT2D eigenvalue weighted by atomic mass is 31.2. The summed E-state index contributed by atoms with van der Waals surface area (Å²) in [6.07, 6.45) is 3.23. The first-order valence-electron chi connectivity index (χ1n) is 9.53. The Labute approximate surface area is 155 Å². The van der Waals surface area contributed by atoms with Gasteiger partial charge in [0.1, 0.15) is 0 Å². The first-order chi connectivity index (χ1) is 11.5. The summed E-state index contributed by atoms with van der Waals surface area (Å²) in [5.41, 5.74) is 1.23. The van der Waals surface area contributed by atoms with Crippen molar-refractivity contribution in [1.82, 2.24) is 4.67 Å². The third-order valence-electron chi connectivity index (χ3n) is 5.40. The third kappa shape index (κ3) is 5.42. The van der Waals surface area contributed by atoms with Crippen molar-refractivity contribution in [3.05, 3.63) is 35.9 Å². The van der Waals surface area contributed by atoms with Crippen LogP contribution in [0.2, 0.25) is 0 Å². The fourth-order valence-corrected chi connectivity index (χ4v) is 5.72. The predicted molar refractivity (Wildman–Crippen MR) is 109 cm³/mol. The molecule has 0 bridgehead atoms. The Morgan fingerprint density at radius 2 is 1.68 bits per heavy atom. The molecule has 2 unspecified atom stereocenters. The van der Waals surface area contributed by atoms with E-state index in [1.807, 2.05) is 50.7 Å². The summed E-state index contributed by atoms with van der Waals surface area (Å²) in [6, 6.07) is 10.3. The van der Waals surface area contributed by atoms with Gasteiger partial charge in [0.15, 0.2) is 0 Å². The molecule has 3 nitrogen and oxygen atoms in total. The number of benzene rings is 1. The van der Waals surface area contributed by atoms with E-state index in [0.717, 1.165) is 24.8 Å². The van der Waals surface area contributed by atoms with Crippen molar-refractivity contribution in [2.45, 2.75) is 78.9 Å². The molecule has 0 aliphatic carbocycles. The summed E-state index contributed by atoms with van der Waals surface area (Å²) in [7, 11) is -1.08. The average Bonchev–Trinajstić information content (AvgIpc) is 2.58. The smallest absolute Gasteiger partial charge is 0.277 e. The van der Waals surface area contributed by atoms with Crippen molar-refractivity contribution < 1.29 is 9.09 Å². The molecular formula is C21H38NO2P. The fourth-order valence-electron chi connectivity index (χ4n) is 3.13. The minimum atomic E-state index is -3.02. The van der Waals surface area contributed by atoms with E-state index in [2.05, 4.69) is 39.8 Å². The highest BCUT2D eigenvalue weighted by Crippen LogP contribution is 2.63. The molecule has 0 spiro atoms. The first kappa shape index (κ1) is 22.4. The predicted octanol–water partition coefficient (Wildman–Crippen LogP) is 6.90. The van der Waals surface area contributed by atoms with Crippen LogP contribution >= 0.6 is 7.52 Å². The van der Waals surface area contributed by atoms with Gasteiger partial charge in [-0.3, -0.25) is 4.57 Å². The van der Waals surface area contributed by atoms with Crippen LogP contribution in [0.25, 0.3) is 0 Å². The van der Waals surface area contributed by atoms with E-state index in [9.17, 15) is 4.57 Å². The summed E-state index contributed by atoms with van der Waals surface area (Å²) in [6.45, 7) is 15.3. The Morgan fingerprint density at radius 1 is 1.12 bits per heavy atom. The molecule has 0 aliphatic rings. The number of hydrogen-bond acceptors (Lipinski definition) is 2. The van der Waals surface area contributed by atoms with Crippen LogP contribution < -0.4 is 0 Å². The molecule has 0 N–H and O–H groups in total. The molecule has 0 aliphatic heterocycles. The van der Waals surface area contributed by atoms with E-state index in [-0.39, 0.29) is 11.5 Å². The van der Waals surface area contributed by atoms with E-state index >= 15 is 0 Å². The Kier molecular flexibility index (Phi) is 7.93. The Hall–Kier alpha value is -0.630. The van der Waals surface area contributed by atoms with E-state index in [0.29, 0.717) is 6.61 Å². The largest absolute Gasteiger partial charge is 0.316 e. The second kappa shape index (κ2) is 8.84. The van der Waals surface area contributed by atoms with Crippen molar-refractivity contribution in [2.75, 3.05) is 13.7 Å². The SMILES string of the molecule is CCCC(C)(CC)COP(=O)(N(C)[C@@H](C)c1ccccc1)C(C)(C)C. The molecule has 0 radical (unpaired) electrons. The van der Waals surface area contributed by atoms with Crippen molar-refractivity contribution in [3.63, 3.8) is 0 Å². The normalized spacial score (nSPS) is 18.6. The van der Waals surface area contributed by atoms with Gasteiger partial charge in [-0.2, -0.15) is 0 Å². The minimum Gasteiger partial charge on any atom is -0.316 e. The fraction of sp³-hybridized carbons (Fsp3) is 0.714. The lowest BCUT2D eigenvalue weighted by atomic mass is 9.84. The molecule has 25 heavy (non-hydrogen) atoms. The molecule has 0 fully saturated rings. The van der Waals surface area contributed by atoms with Crippen molar-refractivity contribution in [3.8, 4) is 0 Å². The summed E-state index contributed by atoms with van der Waals surface area (Å²) >= 11 is 0. The van der Waals surface area contributed by atoms with Crippen molar-refractivity contribution in [2.24, 2.45) is 5.41 Å². The first-order valence-corrected chi connectivity index (χ1v) is 11.1. The minimum absolute atomic E-state index is 0.0327. The second-order valence-corrected chi connectivity index (χ2v) is 11.8. The summed E-state index contributed by atoms with van der Waals surface area (Å²) in [4.78, 5) is 0. The second-order valence-electron chi connectivity index (χ2n) is 8.54. The number of hydrogen-bond donors (Lipinski definition) is 0. The van der Waals surface area contributed by atoms with Crippen molar-refractivity contribution >= 4 is 7.52 Å². The molecule has 0 saturated heterocycles. The van der Waals surface area contributed by atoms with Gasteiger partial charge in [0.05, 0.1) is 11.8 Å². The molecule has 3 atom stereocenters. The highest BCUT2D eigenvalue weighted by Gasteiger charge is 2.45. The third-order valence-corrected chi connectivity index (χ3v) is 8.75. The van der Waals surface area contributed by atoms with Gasteiger partial charge in [-0.15, -0.1) is 0 Å². The van der Waals surface area contributed by atoms with Crippen LogP contribution in [0.5, 0.6) is 0 Å². The number of nitrogens with zero attached hydrogens (tertiary/aromatic N) is 1. The lowest BCUT2D eigenvalue weighted by molar-refractivity contribution is 0.127. The van der Waals surface area contributed by atoms with Gasteiger partial charge in [-0.1, -0.05) is 57.5 Å². The van der Waals surface area contributed by atoms with Gasteiger partial charge in [0.25, 0.3) is 7.52 Å². The topological polar surface area (TPSA) is 29.5 Å². The van der Waals surface area contributed by atoms with Crippen LogP contribution in [0, 0.1) is 5.41 Å². The van der Waals surface area contributed by atoms with Gasteiger partial charge < -0.3 is 4.52 Å². The van der Waals surface area contributed by atoms with E-state index < -0.39 is 12.7 Å². The van der Waals surface area contributed by atoms with Crippen LogP contribution in [-0.2, 0) is 9.09 Å².